The molecule has 3 rings (SSSR count). The minimum absolute atomic E-state index is 0.000481. The maximum atomic E-state index is 12.3. The first-order valence-corrected chi connectivity index (χ1v) is 9.86. The van der Waals surface area contributed by atoms with Gasteiger partial charge < -0.3 is 15.4 Å². The van der Waals surface area contributed by atoms with Gasteiger partial charge in [-0.2, -0.15) is 0 Å². The topological polar surface area (TPSA) is 109 Å². The van der Waals surface area contributed by atoms with Crippen molar-refractivity contribution in [3.8, 4) is 0 Å². The van der Waals surface area contributed by atoms with Crippen LogP contribution in [-0.4, -0.2) is 34.8 Å². The molecule has 1 atom stereocenters. The van der Waals surface area contributed by atoms with Crippen LogP contribution in [0.4, 0.5) is 11.4 Å². The highest BCUT2D eigenvalue weighted by atomic mass is 32.2. The Morgan fingerprint density at radius 1 is 1.10 bits per heavy atom. The molecule has 2 amide bonds. The highest BCUT2D eigenvalue weighted by Crippen LogP contribution is 2.23. The summed E-state index contributed by atoms with van der Waals surface area (Å²) in [6, 6.07) is 15.7. The van der Waals surface area contributed by atoms with Gasteiger partial charge in [0.25, 0.3) is 0 Å². The molecule has 8 nitrogen and oxygen atoms in total. The number of ether oxygens (including phenoxy) is 1. The fourth-order valence-electron chi connectivity index (χ4n) is 2.50. The van der Waals surface area contributed by atoms with Gasteiger partial charge in [0.2, 0.25) is 11.8 Å². The molecule has 2 aromatic rings. The molecule has 9 heteroatoms. The molecule has 1 aliphatic heterocycles. The molecular weight excluding hydrogens is 392 g/mol. The van der Waals surface area contributed by atoms with Crippen molar-refractivity contribution in [3.63, 3.8) is 0 Å². The summed E-state index contributed by atoms with van der Waals surface area (Å²) in [6.45, 7) is 2.03. The maximum Gasteiger partial charge on any atom is 0.338 e. The van der Waals surface area contributed by atoms with Crippen molar-refractivity contribution in [3.05, 3.63) is 60.2 Å². The quantitative estimate of drug-likeness (QED) is 0.477. The average Bonchev–Trinajstić information content (AvgIpc) is 3.07. The van der Waals surface area contributed by atoms with Crippen LogP contribution in [0.25, 0.3) is 0 Å². The van der Waals surface area contributed by atoms with Crippen LogP contribution in [0.2, 0.25) is 0 Å². The molecule has 1 saturated heterocycles. The molecule has 1 heterocycles. The number of hydrogen-bond donors (Lipinski definition) is 3. The van der Waals surface area contributed by atoms with E-state index in [9.17, 15) is 14.4 Å². The predicted molar refractivity (Wildman–Crippen MR) is 113 cm³/mol. The van der Waals surface area contributed by atoms with Crippen molar-refractivity contribution in [2.75, 3.05) is 17.3 Å². The summed E-state index contributed by atoms with van der Waals surface area (Å²) in [4.78, 5) is 36.0. The van der Waals surface area contributed by atoms with E-state index in [0.717, 1.165) is 5.69 Å². The number of hydrazone groups is 1. The van der Waals surface area contributed by atoms with E-state index in [-0.39, 0.29) is 18.2 Å². The van der Waals surface area contributed by atoms with Crippen LogP contribution in [0.15, 0.2) is 59.7 Å². The number of nitrogens with zero attached hydrogens (tertiary/aromatic N) is 1. The number of amides is 2. The number of benzene rings is 2. The summed E-state index contributed by atoms with van der Waals surface area (Å²) in [5.41, 5.74) is 4.59. The summed E-state index contributed by atoms with van der Waals surface area (Å²) in [7, 11) is 0. The Bertz CT molecular complexity index is 916. The van der Waals surface area contributed by atoms with Crippen LogP contribution in [0.1, 0.15) is 23.7 Å². The van der Waals surface area contributed by atoms with Gasteiger partial charge in [0, 0.05) is 12.1 Å². The number of thioether (sulfide) groups is 1. The lowest BCUT2D eigenvalue weighted by Crippen LogP contribution is -2.28. The Balaban J connectivity index is 1.51. The minimum Gasteiger partial charge on any atom is -0.462 e. The van der Waals surface area contributed by atoms with E-state index in [1.165, 1.54) is 11.8 Å². The average molecular weight is 412 g/mol. The SMILES string of the molecule is CCOC(=O)c1ccc(NC(=O)CC2SC(=NNc3ccccc3)NC2=O)cc1. The van der Waals surface area contributed by atoms with Crippen molar-refractivity contribution in [2.45, 2.75) is 18.6 Å². The van der Waals surface area contributed by atoms with Gasteiger partial charge in [0.05, 0.1) is 17.9 Å². The van der Waals surface area contributed by atoms with Crippen molar-refractivity contribution in [1.82, 2.24) is 5.32 Å². The molecule has 0 aliphatic carbocycles. The second-order valence-electron chi connectivity index (χ2n) is 6.04. The Labute approximate surface area is 172 Å². The van der Waals surface area contributed by atoms with Gasteiger partial charge in [0.1, 0.15) is 5.25 Å². The van der Waals surface area contributed by atoms with Crippen LogP contribution in [0.3, 0.4) is 0 Å². The number of carbonyl (C=O) groups is 3. The number of anilines is 2. The van der Waals surface area contributed by atoms with E-state index in [2.05, 4.69) is 21.2 Å². The zero-order valence-electron chi connectivity index (χ0n) is 15.7. The fourth-order valence-corrected chi connectivity index (χ4v) is 3.43. The Kier molecular flexibility index (Phi) is 6.85. The Hall–Kier alpha value is -3.33. The summed E-state index contributed by atoms with van der Waals surface area (Å²) >= 11 is 1.19. The van der Waals surface area contributed by atoms with Crippen molar-refractivity contribution in [2.24, 2.45) is 5.10 Å². The van der Waals surface area contributed by atoms with Crippen molar-refractivity contribution in [1.29, 1.82) is 0 Å². The molecule has 3 N–H and O–H groups in total. The van der Waals surface area contributed by atoms with Gasteiger partial charge >= 0.3 is 5.97 Å². The number of amidine groups is 1. The van der Waals surface area contributed by atoms with Crippen LogP contribution in [0.5, 0.6) is 0 Å². The molecule has 0 bridgehead atoms. The third-order valence-electron chi connectivity index (χ3n) is 3.89. The number of esters is 1. The second kappa shape index (κ2) is 9.74. The molecule has 150 valence electrons. The van der Waals surface area contributed by atoms with Crippen LogP contribution in [-0.2, 0) is 14.3 Å². The summed E-state index contributed by atoms with van der Waals surface area (Å²) in [5.74, 6) is -0.990. The first-order valence-electron chi connectivity index (χ1n) is 8.98. The zero-order valence-corrected chi connectivity index (χ0v) is 16.5. The molecule has 1 aliphatic rings. The number of hydrogen-bond acceptors (Lipinski definition) is 7. The minimum atomic E-state index is -0.565. The first-order chi connectivity index (χ1) is 14.0. The molecule has 0 saturated carbocycles. The smallest absolute Gasteiger partial charge is 0.338 e. The summed E-state index contributed by atoms with van der Waals surface area (Å²) in [5, 5.41) is 9.37. The van der Waals surface area contributed by atoms with Gasteiger partial charge in [-0.15, -0.1) is 5.10 Å². The fraction of sp³-hybridized carbons (Fsp3) is 0.200. The second-order valence-corrected chi connectivity index (χ2v) is 7.23. The van der Waals surface area contributed by atoms with Crippen molar-refractivity contribution < 1.29 is 19.1 Å². The van der Waals surface area contributed by atoms with Gasteiger partial charge in [-0.1, -0.05) is 30.0 Å². The largest absolute Gasteiger partial charge is 0.462 e. The van der Waals surface area contributed by atoms with E-state index in [0.29, 0.717) is 23.0 Å². The normalized spacial score (nSPS) is 16.9. The molecular formula is C20H20N4O4S. The Morgan fingerprint density at radius 3 is 2.52 bits per heavy atom. The van der Waals surface area contributed by atoms with Crippen LogP contribution < -0.4 is 16.1 Å². The summed E-state index contributed by atoms with van der Waals surface area (Å²) < 4.78 is 4.92. The third kappa shape index (κ3) is 5.82. The third-order valence-corrected chi connectivity index (χ3v) is 4.97. The number of carbonyl (C=O) groups excluding carboxylic acids is 3. The summed E-state index contributed by atoms with van der Waals surface area (Å²) in [6.07, 6.45) is 0.000481. The first kappa shape index (κ1) is 20.4. The van der Waals surface area contributed by atoms with E-state index in [1.807, 2.05) is 30.3 Å². The van der Waals surface area contributed by atoms with Gasteiger partial charge in [0.15, 0.2) is 5.17 Å². The van der Waals surface area contributed by atoms with Gasteiger partial charge in [-0.3, -0.25) is 15.0 Å². The van der Waals surface area contributed by atoms with Crippen LogP contribution >= 0.6 is 11.8 Å². The molecule has 29 heavy (non-hydrogen) atoms. The Morgan fingerprint density at radius 2 is 1.83 bits per heavy atom. The predicted octanol–water partition coefficient (Wildman–Crippen LogP) is 2.81. The van der Waals surface area contributed by atoms with Gasteiger partial charge in [-0.05, 0) is 43.3 Å². The number of para-hydroxylation sites is 1. The molecule has 0 spiro atoms. The standard InChI is InChI=1S/C20H20N4O4S/c1-2-28-19(27)13-8-10-14(11-9-13)21-17(25)12-16-18(26)22-20(29-16)24-23-15-6-4-3-5-7-15/h3-11,16,23H,2,12H2,1H3,(H,21,25)(H,22,24,26). The highest BCUT2D eigenvalue weighted by molar-refractivity contribution is 8.15. The monoisotopic (exact) mass is 412 g/mol. The van der Waals surface area contributed by atoms with Gasteiger partial charge in [-0.25, -0.2) is 4.79 Å². The van der Waals surface area contributed by atoms with E-state index in [4.69, 9.17) is 4.74 Å². The lowest BCUT2D eigenvalue weighted by atomic mass is 10.2. The molecule has 1 fully saturated rings. The van der Waals surface area contributed by atoms with E-state index < -0.39 is 11.2 Å². The highest BCUT2D eigenvalue weighted by Gasteiger charge is 2.32. The van der Waals surface area contributed by atoms with Crippen LogP contribution in [0, 0.1) is 0 Å². The molecule has 1 unspecified atom stereocenters. The van der Waals surface area contributed by atoms with E-state index in [1.54, 1.807) is 31.2 Å². The number of nitrogens with one attached hydrogen (secondary N) is 3. The van der Waals surface area contributed by atoms with E-state index >= 15 is 0 Å². The zero-order chi connectivity index (χ0) is 20.6. The molecule has 0 radical (unpaired) electrons. The lowest BCUT2D eigenvalue weighted by molar-refractivity contribution is -0.122. The van der Waals surface area contributed by atoms with Crippen molar-refractivity contribution >= 4 is 46.1 Å². The molecule has 2 aromatic carbocycles. The number of rotatable bonds is 7. The molecule has 0 aromatic heterocycles. The lowest BCUT2D eigenvalue weighted by Gasteiger charge is -2.08. The maximum absolute atomic E-state index is 12.3.